The number of anilines is 1. The van der Waals surface area contributed by atoms with E-state index in [0.29, 0.717) is 24.6 Å². The number of sulfonamides is 1. The summed E-state index contributed by atoms with van der Waals surface area (Å²) in [6, 6.07) is 11.7. The molecule has 0 spiro atoms. The zero-order chi connectivity index (χ0) is 25.8. The van der Waals surface area contributed by atoms with Crippen LogP contribution in [0.15, 0.2) is 53.0 Å². The van der Waals surface area contributed by atoms with E-state index in [2.05, 4.69) is 26.9 Å². The van der Waals surface area contributed by atoms with Crippen LogP contribution in [0.3, 0.4) is 0 Å². The Morgan fingerprint density at radius 1 is 1.03 bits per heavy atom. The second kappa shape index (κ2) is 11.5. The maximum absolute atomic E-state index is 13.7. The minimum absolute atomic E-state index is 0.0371. The van der Waals surface area contributed by atoms with Crippen LogP contribution in [-0.4, -0.2) is 81.0 Å². The van der Waals surface area contributed by atoms with E-state index in [0.717, 1.165) is 55.7 Å². The summed E-state index contributed by atoms with van der Waals surface area (Å²) in [7, 11) is -3.70. The number of carbonyl (C=O) groups is 1. The lowest BCUT2D eigenvalue weighted by Gasteiger charge is -2.39. The molecule has 2 fully saturated rings. The van der Waals surface area contributed by atoms with Crippen molar-refractivity contribution in [3.8, 4) is 0 Å². The highest BCUT2D eigenvalue weighted by Crippen LogP contribution is 2.37. The molecule has 2 saturated heterocycles. The predicted octanol–water partition coefficient (Wildman–Crippen LogP) is 3.62. The van der Waals surface area contributed by atoms with Crippen LogP contribution in [0.25, 0.3) is 10.1 Å². The van der Waals surface area contributed by atoms with E-state index >= 15 is 0 Å². The van der Waals surface area contributed by atoms with Gasteiger partial charge in [0.15, 0.2) is 0 Å². The maximum Gasteiger partial charge on any atom is 0.310 e. The van der Waals surface area contributed by atoms with Gasteiger partial charge in [-0.3, -0.25) is 9.78 Å². The molecule has 0 bridgehead atoms. The molecule has 5 rings (SSSR count). The van der Waals surface area contributed by atoms with Gasteiger partial charge in [0.1, 0.15) is 4.21 Å². The van der Waals surface area contributed by atoms with Gasteiger partial charge in [-0.2, -0.15) is 4.31 Å². The van der Waals surface area contributed by atoms with Gasteiger partial charge in [-0.1, -0.05) is 18.2 Å². The van der Waals surface area contributed by atoms with Crippen LogP contribution >= 0.6 is 11.3 Å². The van der Waals surface area contributed by atoms with E-state index in [4.69, 9.17) is 4.74 Å². The fraction of sp³-hybridized carbons (Fsp3) is 0.481. The molecule has 0 atom stereocenters. The number of benzene rings is 1. The van der Waals surface area contributed by atoms with Gasteiger partial charge in [0.2, 0.25) is 0 Å². The van der Waals surface area contributed by atoms with Crippen LogP contribution < -0.4 is 4.90 Å². The van der Waals surface area contributed by atoms with E-state index < -0.39 is 16.0 Å². The van der Waals surface area contributed by atoms with Crippen molar-refractivity contribution in [1.82, 2.24) is 14.2 Å². The molecule has 0 N–H and O–H groups in total. The number of piperazine rings is 1. The zero-order valence-corrected chi connectivity index (χ0v) is 22.8. The summed E-state index contributed by atoms with van der Waals surface area (Å²) in [5, 5.41) is 0.816. The van der Waals surface area contributed by atoms with Gasteiger partial charge in [0.25, 0.3) is 10.0 Å². The normalized spacial score (nSPS) is 18.4. The van der Waals surface area contributed by atoms with Crippen molar-refractivity contribution in [2.75, 3.05) is 57.3 Å². The zero-order valence-electron chi connectivity index (χ0n) is 21.2. The smallest absolute Gasteiger partial charge is 0.310 e. The van der Waals surface area contributed by atoms with Gasteiger partial charge >= 0.3 is 5.97 Å². The first kappa shape index (κ1) is 26.1. The Balaban J connectivity index is 1.21. The van der Waals surface area contributed by atoms with Crippen molar-refractivity contribution in [2.24, 2.45) is 5.92 Å². The average Bonchev–Trinajstić information content (AvgIpc) is 3.29. The minimum atomic E-state index is -3.70. The Labute approximate surface area is 222 Å². The summed E-state index contributed by atoms with van der Waals surface area (Å²) in [4.78, 5) is 21.2. The van der Waals surface area contributed by atoms with Crippen molar-refractivity contribution in [3.05, 3.63) is 54.4 Å². The van der Waals surface area contributed by atoms with E-state index in [1.807, 2.05) is 36.7 Å². The molecular formula is C27H34N4O4S2. The summed E-state index contributed by atoms with van der Waals surface area (Å²) >= 11 is 1.25. The SMILES string of the molecule is CCOC(=O)Cc1c(S(=O)(=O)N2CCN(CC3CCN(c4ccncc4)CC3)CC2)sc2ccccc12. The first-order valence-electron chi connectivity index (χ1n) is 13.0. The molecule has 0 amide bonds. The fourth-order valence-electron chi connectivity index (χ4n) is 5.37. The molecular weight excluding hydrogens is 508 g/mol. The standard InChI is InChI=1S/C27H34N4O4S2/c1-2-35-26(32)19-24-23-5-3-4-6-25(23)36-27(24)37(33,34)31-17-15-29(16-18-31)20-21-9-13-30(14-10-21)22-7-11-28-12-8-22/h3-8,11-12,21H,2,9-10,13-20H2,1H3. The number of aromatic nitrogens is 1. The molecule has 0 aliphatic carbocycles. The number of hydrogen-bond donors (Lipinski definition) is 0. The summed E-state index contributed by atoms with van der Waals surface area (Å²) < 4.78 is 35.4. The van der Waals surface area contributed by atoms with Crippen molar-refractivity contribution in [1.29, 1.82) is 0 Å². The Bertz CT molecular complexity index is 1310. The summed E-state index contributed by atoms with van der Waals surface area (Å²) in [6.07, 6.45) is 5.92. The van der Waals surface area contributed by atoms with Gasteiger partial charge in [-0.15, -0.1) is 11.3 Å². The third-order valence-corrected chi connectivity index (χ3v) is 11.0. The molecule has 3 aromatic rings. The van der Waals surface area contributed by atoms with E-state index in [9.17, 15) is 13.2 Å². The number of fused-ring (bicyclic) bond motifs is 1. The van der Waals surface area contributed by atoms with Crippen LogP contribution in [0.2, 0.25) is 0 Å². The molecule has 0 unspecified atom stereocenters. The highest BCUT2D eigenvalue weighted by molar-refractivity contribution is 7.91. The first-order chi connectivity index (χ1) is 18.0. The molecule has 1 aromatic carbocycles. The van der Waals surface area contributed by atoms with Crippen molar-refractivity contribution in [2.45, 2.75) is 30.4 Å². The molecule has 198 valence electrons. The monoisotopic (exact) mass is 542 g/mol. The van der Waals surface area contributed by atoms with Crippen molar-refractivity contribution >= 4 is 43.1 Å². The molecule has 2 aliphatic heterocycles. The number of carbonyl (C=O) groups excluding carboxylic acids is 1. The van der Waals surface area contributed by atoms with Gasteiger partial charge in [-0.05, 0) is 49.3 Å². The third-order valence-electron chi connectivity index (χ3n) is 7.35. The molecule has 4 heterocycles. The Morgan fingerprint density at radius 2 is 1.73 bits per heavy atom. The second-order valence-electron chi connectivity index (χ2n) is 9.69. The third kappa shape index (κ3) is 5.82. The average molecular weight is 543 g/mol. The number of esters is 1. The minimum Gasteiger partial charge on any atom is -0.466 e. The van der Waals surface area contributed by atoms with Gasteiger partial charge in [0, 0.05) is 74.2 Å². The topological polar surface area (TPSA) is 83.0 Å². The predicted molar refractivity (Wildman–Crippen MR) is 147 cm³/mol. The molecule has 0 saturated carbocycles. The van der Waals surface area contributed by atoms with Crippen LogP contribution in [-0.2, 0) is 26.0 Å². The van der Waals surface area contributed by atoms with Crippen LogP contribution in [0.1, 0.15) is 25.3 Å². The van der Waals surface area contributed by atoms with Crippen LogP contribution in [0.5, 0.6) is 0 Å². The van der Waals surface area contributed by atoms with Gasteiger partial charge in [0.05, 0.1) is 13.0 Å². The number of hydrogen-bond acceptors (Lipinski definition) is 8. The number of nitrogens with zero attached hydrogens (tertiary/aromatic N) is 4. The van der Waals surface area contributed by atoms with E-state index in [1.54, 1.807) is 11.2 Å². The van der Waals surface area contributed by atoms with Gasteiger partial charge in [-0.25, -0.2) is 8.42 Å². The quantitative estimate of drug-likeness (QED) is 0.402. The highest BCUT2D eigenvalue weighted by atomic mass is 32.2. The summed E-state index contributed by atoms with van der Waals surface area (Å²) in [6.45, 7) is 7.49. The first-order valence-corrected chi connectivity index (χ1v) is 15.2. The van der Waals surface area contributed by atoms with E-state index in [-0.39, 0.29) is 17.2 Å². The Kier molecular flexibility index (Phi) is 8.09. The molecule has 2 aromatic heterocycles. The summed E-state index contributed by atoms with van der Waals surface area (Å²) in [5.41, 5.74) is 1.79. The number of rotatable bonds is 8. The van der Waals surface area contributed by atoms with Crippen LogP contribution in [0.4, 0.5) is 5.69 Å². The highest BCUT2D eigenvalue weighted by Gasteiger charge is 2.34. The second-order valence-corrected chi connectivity index (χ2v) is 12.9. The summed E-state index contributed by atoms with van der Waals surface area (Å²) in [5.74, 6) is 0.224. The number of pyridine rings is 1. The number of thiophene rings is 1. The largest absolute Gasteiger partial charge is 0.466 e. The molecule has 10 heteroatoms. The fourth-order valence-corrected chi connectivity index (χ4v) is 8.70. The maximum atomic E-state index is 13.7. The lowest BCUT2D eigenvalue weighted by molar-refractivity contribution is -0.142. The molecule has 0 radical (unpaired) electrons. The lowest BCUT2D eigenvalue weighted by atomic mass is 9.95. The Hall–Kier alpha value is -2.53. The lowest BCUT2D eigenvalue weighted by Crippen LogP contribution is -2.50. The number of piperidine rings is 1. The van der Waals surface area contributed by atoms with Crippen molar-refractivity contribution in [3.63, 3.8) is 0 Å². The number of ether oxygens (including phenoxy) is 1. The molecule has 2 aliphatic rings. The van der Waals surface area contributed by atoms with Gasteiger partial charge < -0.3 is 14.5 Å². The molecule has 37 heavy (non-hydrogen) atoms. The Morgan fingerprint density at radius 3 is 2.43 bits per heavy atom. The molecule has 8 nitrogen and oxygen atoms in total. The van der Waals surface area contributed by atoms with E-state index in [1.165, 1.54) is 17.0 Å². The van der Waals surface area contributed by atoms with Crippen LogP contribution in [0, 0.1) is 5.92 Å². The van der Waals surface area contributed by atoms with Crippen molar-refractivity contribution < 1.29 is 17.9 Å².